The number of benzene rings is 1. The molecule has 7 heteroatoms. The molecule has 0 bridgehead atoms. The Bertz CT molecular complexity index is 725. The lowest BCUT2D eigenvalue weighted by Crippen LogP contribution is -2.37. The maximum absolute atomic E-state index is 12.2. The molecular weight excluding hydrogens is 322 g/mol. The highest BCUT2D eigenvalue weighted by molar-refractivity contribution is 6.31. The van der Waals surface area contributed by atoms with Gasteiger partial charge in [0.15, 0.2) is 6.10 Å². The first-order valence-electron chi connectivity index (χ1n) is 7.10. The van der Waals surface area contributed by atoms with Gasteiger partial charge in [-0.1, -0.05) is 11.6 Å². The fourth-order valence-electron chi connectivity index (χ4n) is 2.08. The summed E-state index contributed by atoms with van der Waals surface area (Å²) in [5.74, 6) is -1.02. The Morgan fingerprint density at radius 2 is 2.13 bits per heavy atom. The van der Waals surface area contributed by atoms with Crippen molar-refractivity contribution in [3.8, 4) is 0 Å². The molecule has 2 aromatic rings. The molecule has 1 heterocycles. The molecule has 23 heavy (non-hydrogen) atoms. The Kier molecular flexibility index (Phi) is 5.63. The number of hydrogen-bond donors (Lipinski definition) is 1. The van der Waals surface area contributed by atoms with Crippen molar-refractivity contribution in [2.75, 3.05) is 20.3 Å². The second kappa shape index (κ2) is 7.48. The number of carbonyl (C=O) groups excluding carboxylic acids is 2. The van der Waals surface area contributed by atoms with Gasteiger partial charge in [-0.15, -0.1) is 0 Å². The maximum atomic E-state index is 12.2. The van der Waals surface area contributed by atoms with Crippen molar-refractivity contribution < 1.29 is 23.5 Å². The molecule has 0 saturated heterocycles. The van der Waals surface area contributed by atoms with Gasteiger partial charge in [-0.25, -0.2) is 4.79 Å². The third-order valence-corrected chi connectivity index (χ3v) is 3.58. The predicted molar refractivity (Wildman–Crippen MR) is 85.7 cm³/mol. The lowest BCUT2D eigenvalue weighted by Gasteiger charge is -2.12. The van der Waals surface area contributed by atoms with Gasteiger partial charge in [0.25, 0.3) is 5.91 Å². The Labute approximate surface area is 138 Å². The first-order valence-corrected chi connectivity index (χ1v) is 7.48. The molecule has 0 saturated carbocycles. The van der Waals surface area contributed by atoms with Crippen LogP contribution in [0.4, 0.5) is 0 Å². The van der Waals surface area contributed by atoms with Crippen LogP contribution in [0, 0.1) is 6.92 Å². The van der Waals surface area contributed by atoms with Crippen LogP contribution in [0.1, 0.15) is 23.0 Å². The lowest BCUT2D eigenvalue weighted by molar-refractivity contribution is -0.129. The predicted octanol–water partition coefficient (Wildman–Crippen LogP) is 2.70. The quantitative estimate of drug-likeness (QED) is 0.646. The van der Waals surface area contributed by atoms with Crippen LogP contribution in [-0.4, -0.2) is 38.2 Å². The molecule has 124 valence electrons. The lowest BCUT2D eigenvalue weighted by atomic mass is 10.1. The van der Waals surface area contributed by atoms with Crippen LogP contribution >= 0.6 is 11.6 Å². The van der Waals surface area contributed by atoms with E-state index in [1.165, 1.54) is 14.0 Å². The average Bonchev–Trinajstić information content (AvgIpc) is 2.84. The molecular formula is C16H18ClNO5. The molecule has 6 nitrogen and oxygen atoms in total. The van der Waals surface area contributed by atoms with Crippen molar-refractivity contribution in [2.45, 2.75) is 20.0 Å². The van der Waals surface area contributed by atoms with E-state index in [1.54, 1.807) is 25.1 Å². The Hall–Kier alpha value is -2.05. The van der Waals surface area contributed by atoms with Crippen molar-refractivity contribution in [3.05, 3.63) is 34.5 Å². The van der Waals surface area contributed by atoms with E-state index in [4.69, 9.17) is 25.5 Å². The molecule has 0 aliphatic carbocycles. The second-order valence-corrected chi connectivity index (χ2v) is 5.46. The van der Waals surface area contributed by atoms with Crippen LogP contribution in [0.25, 0.3) is 11.0 Å². The number of furan rings is 1. The zero-order valence-corrected chi connectivity index (χ0v) is 13.9. The standard InChI is InChI=1S/C16H18ClNO5/c1-9-12-8-11(17)4-5-13(12)23-14(9)16(20)22-10(2)15(19)18-6-7-21-3/h4-5,8,10H,6-7H2,1-3H3,(H,18,19)/t10-/m1/s1. The van der Waals surface area contributed by atoms with Gasteiger partial charge in [-0.05, 0) is 32.0 Å². The number of ether oxygens (including phenoxy) is 2. The van der Waals surface area contributed by atoms with Crippen LogP contribution in [-0.2, 0) is 14.3 Å². The number of halogens is 1. The summed E-state index contributed by atoms with van der Waals surface area (Å²) >= 11 is 5.94. The van der Waals surface area contributed by atoms with Crippen molar-refractivity contribution in [2.24, 2.45) is 0 Å². The van der Waals surface area contributed by atoms with Gasteiger partial charge >= 0.3 is 5.97 Å². The van der Waals surface area contributed by atoms with Crippen LogP contribution in [0.3, 0.4) is 0 Å². The molecule has 1 aromatic heterocycles. The SMILES string of the molecule is COCCNC(=O)[C@@H](C)OC(=O)c1oc2ccc(Cl)cc2c1C. The van der Waals surface area contributed by atoms with Gasteiger partial charge in [0.1, 0.15) is 5.58 Å². The van der Waals surface area contributed by atoms with E-state index in [2.05, 4.69) is 5.32 Å². The van der Waals surface area contributed by atoms with E-state index in [-0.39, 0.29) is 5.76 Å². The van der Waals surface area contributed by atoms with Gasteiger partial charge in [-0.2, -0.15) is 0 Å². The molecule has 0 aliphatic heterocycles. The van der Waals surface area contributed by atoms with Gasteiger partial charge in [0.05, 0.1) is 6.61 Å². The summed E-state index contributed by atoms with van der Waals surface area (Å²) in [4.78, 5) is 24.0. The third-order valence-electron chi connectivity index (χ3n) is 3.34. The highest BCUT2D eigenvalue weighted by Crippen LogP contribution is 2.28. The zero-order valence-electron chi connectivity index (χ0n) is 13.1. The first kappa shape index (κ1) is 17.3. The van der Waals surface area contributed by atoms with E-state index < -0.39 is 18.0 Å². The number of carbonyl (C=O) groups is 2. The number of nitrogens with one attached hydrogen (secondary N) is 1. The van der Waals surface area contributed by atoms with Crippen molar-refractivity contribution >= 4 is 34.4 Å². The Morgan fingerprint density at radius 3 is 2.83 bits per heavy atom. The molecule has 0 radical (unpaired) electrons. The van der Waals surface area contributed by atoms with E-state index in [0.717, 1.165) is 5.39 Å². The molecule has 1 atom stereocenters. The summed E-state index contributed by atoms with van der Waals surface area (Å²) in [7, 11) is 1.53. The molecule has 1 aromatic carbocycles. The second-order valence-electron chi connectivity index (χ2n) is 5.03. The smallest absolute Gasteiger partial charge is 0.375 e. The topological polar surface area (TPSA) is 77.8 Å². The molecule has 1 amide bonds. The summed E-state index contributed by atoms with van der Waals surface area (Å²) < 4.78 is 15.5. The number of amides is 1. The third kappa shape index (κ3) is 4.03. The molecule has 0 aliphatic rings. The van der Waals surface area contributed by atoms with Gasteiger partial charge in [0.2, 0.25) is 5.76 Å². The molecule has 0 fully saturated rings. The number of esters is 1. The van der Waals surface area contributed by atoms with Gasteiger partial charge in [-0.3, -0.25) is 4.79 Å². The number of rotatable bonds is 6. The largest absolute Gasteiger partial charge is 0.449 e. The summed E-state index contributed by atoms with van der Waals surface area (Å²) in [5.41, 5.74) is 1.16. The van der Waals surface area contributed by atoms with Crippen LogP contribution < -0.4 is 5.32 Å². The minimum Gasteiger partial charge on any atom is -0.449 e. The Morgan fingerprint density at radius 1 is 1.39 bits per heavy atom. The van der Waals surface area contributed by atoms with E-state index in [9.17, 15) is 9.59 Å². The summed E-state index contributed by atoms with van der Waals surface area (Å²) in [6, 6.07) is 5.07. The van der Waals surface area contributed by atoms with Crippen molar-refractivity contribution in [1.29, 1.82) is 0 Å². The fraction of sp³-hybridized carbons (Fsp3) is 0.375. The maximum Gasteiger partial charge on any atom is 0.375 e. The van der Waals surface area contributed by atoms with Crippen LogP contribution in [0.2, 0.25) is 5.02 Å². The van der Waals surface area contributed by atoms with Gasteiger partial charge < -0.3 is 19.2 Å². The molecule has 1 N–H and O–H groups in total. The van der Waals surface area contributed by atoms with Gasteiger partial charge in [0, 0.05) is 29.6 Å². The molecule has 2 rings (SSSR count). The summed E-state index contributed by atoms with van der Waals surface area (Å²) in [6.07, 6.45) is -0.935. The number of fused-ring (bicyclic) bond motifs is 1. The average molecular weight is 340 g/mol. The monoisotopic (exact) mass is 339 g/mol. The molecule has 0 unspecified atom stereocenters. The minimum atomic E-state index is -0.935. The highest BCUT2D eigenvalue weighted by atomic mass is 35.5. The van der Waals surface area contributed by atoms with Crippen molar-refractivity contribution in [1.82, 2.24) is 5.32 Å². The minimum absolute atomic E-state index is 0.0683. The normalized spacial score (nSPS) is 12.2. The van der Waals surface area contributed by atoms with E-state index >= 15 is 0 Å². The van der Waals surface area contributed by atoms with E-state index in [1.807, 2.05) is 0 Å². The van der Waals surface area contributed by atoms with E-state index in [0.29, 0.717) is 29.3 Å². The number of hydrogen-bond acceptors (Lipinski definition) is 5. The van der Waals surface area contributed by atoms with Crippen molar-refractivity contribution in [3.63, 3.8) is 0 Å². The Balaban J connectivity index is 2.08. The summed E-state index contributed by atoms with van der Waals surface area (Å²) in [6.45, 7) is 3.96. The van der Waals surface area contributed by atoms with Crippen LogP contribution in [0.15, 0.2) is 22.6 Å². The highest BCUT2D eigenvalue weighted by Gasteiger charge is 2.24. The zero-order chi connectivity index (χ0) is 17.0. The summed E-state index contributed by atoms with van der Waals surface area (Å²) in [5, 5.41) is 3.89. The van der Waals surface area contributed by atoms with Crippen LogP contribution in [0.5, 0.6) is 0 Å². The number of aryl methyl sites for hydroxylation is 1. The number of methoxy groups -OCH3 is 1. The molecule has 0 spiro atoms. The fourth-order valence-corrected chi connectivity index (χ4v) is 2.25. The first-order chi connectivity index (χ1) is 10.9.